The number of aryl methyl sites for hydroxylation is 1. The van der Waals surface area contributed by atoms with Gasteiger partial charge in [0.15, 0.2) is 5.69 Å². The summed E-state index contributed by atoms with van der Waals surface area (Å²) < 4.78 is 20.2. The zero-order valence-corrected chi connectivity index (χ0v) is 15.1. The Bertz CT molecular complexity index is 1010. The number of hydrogen-bond acceptors (Lipinski definition) is 4. The van der Waals surface area contributed by atoms with Crippen LogP contribution in [-0.4, -0.2) is 28.0 Å². The van der Waals surface area contributed by atoms with Crippen LogP contribution in [0.1, 0.15) is 39.6 Å². The zero-order chi connectivity index (χ0) is 19.0. The van der Waals surface area contributed by atoms with Gasteiger partial charge in [0.25, 0.3) is 5.91 Å². The molecule has 0 saturated heterocycles. The fourth-order valence-corrected chi connectivity index (χ4v) is 3.56. The average molecular weight is 366 g/mol. The Labute approximate surface area is 156 Å². The molecule has 0 radical (unpaired) electrons. The average Bonchev–Trinajstić information content (AvgIpc) is 3.29. The van der Waals surface area contributed by atoms with Gasteiger partial charge in [0.2, 0.25) is 0 Å². The van der Waals surface area contributed by atoms with E-state index in [0.29, 0.717) is 11.3 Å². The van der Waals surface area contributed by atoms with Crippen molar-refractivity contribution < 1.29 is 13.9 Å². The molecule has 1 unspecified atom stereocenters. The number of fused-ring (bicyclic) bond motifs is 1. The monoisotopic (exact) mass is 366 g/mol. The van der Waals surface area contributed by atoms with Gasteiger partial charge in [-0.3, -0.25) is 4.79 Å². The Hall–Kier alpha value is -3.22. The smallest absolute Gasteiger partial charge is 0.273 e. The maximum absolute atomic E-state index is 13.3. The molecule has 138 valence electrons. The Kier molecular flexibility index (Phi) is 4.35. The second-order valence-corrected chi connectivity index (χ2v) is 6.57. The van der Waals surface area contributed by atoms with Gasteiger partial charge in [-0.2, -0.15) is 0 Å². The number of hydrogen-bond donors (Lipinski definition) is 1. The predicted molar refractivity (Wildman–Crippen MR) is 97.6 cm³/mol. The highest BCUT2D eigenvalue weighted by atomic mass is 19.1. The van der Waals surface area contributed by atoms with Gasteiger partial charge >= 0.3 is 0 Å². The lowest BCUT2D eigenvalue weighted by atomic mass is 10.1. The van der Waals surface area contributed by atoms with E-state index in [1.54, 1.807) is 26.3 Å². The first-order valence-corrected chi connectivity index (χ1v) is 8.72. The van der Waals surface area contributed by atoms with E-state index in [1.807, 2.05) is 18.2 Å². The molecular formula is C20H19FN4O2. The third-order valence-electron chi connectivity index (χ3n) is 4.88. The Morgan fingerprint density at radius 1 is 1.33 bits per heavy atom. The van der Waals surface area contributed by atoms with Gasteiger partial charge in [-0.05, 0) is 60.7 Å². The highest BCUT2D eigenvalue weighted by molar-refractivity contribution is 5.92. The van der Waals surface area contributed by atoms with Crippen LogP contribution in [0.15, 0.2) is 42.6 Å². The predicted octanol–water partition coefficient (Wildman–Crippen LogP) is 3.14. The van der Waals surface area contributed by atoms with Gasteiger partial charge in [0.05, 0.1) is 25.0 Å². The lowest BCUT2D eigenvalue weighted by Gasteiger charge is -2.13. The van der Waals surface area contributed by atoms with E-state index >= 15 is 0 Å². The highest BCUT2D eigenvalue weighted by Crippen LogP contribution is 2.36. The number of ether oxygens (including phenoxy) is 1. The molecule has 0 spiro atoms. The van der Waals surface area contributed by atoms with Crippen LogP contribution in [0.4, 0.5) is 4.39 Å². The quantitative estimate of drug-likeness (QED) is 0.770. The maximum Gasteiger partial charge on any atom is 0.273 e. The fraction of sp³-hybridized carbons (Fsp3) is 0.250. The molecular weight excluding hydrogens is 347 g/mol. The summed E-state index contributed by atoms with van der Waals surface area (Å²) in [5, 5.41) is 11.0. The first-order chi connectivity index (χ1) is 13.1. The lowest BCUT2D eigenvalue weighted by molar-refractivity contribution is 0.0931. The second kappa shape index (κ2) is 6.83. The Balaban J connectivity index is 1.53. The van der Waals surface area contributed by atoms with Gasteiger partial charge in [0.1, 0.15) is 11.6 Å². The summed E-state index contributed by atoms with van der Waals surface area (Å²) in [4.78, 5) is 12.6. The van der Waals surface area contributed by atoms with Crippen LogP contribution in [-0.2, 0) is 6.42 Å². The number of nitrogens with zero attached hydrogens (tertiary/aromatic N) is 3. The molecule has 2 aromatic carbocycles. The third-order valence-corrected chi connectivity index (χ3v) is 4.88. The van der Waals surface area contributed by atoms with E-state index in [4.69, 9.17) is 4.74 Å². The van der Waals surface area contributed by atoms with Crippen molar-refractivity contribution in [3.63, 3.8) is 0 Å². The molecule has 1 amide bonds. The summed E-state index contributed by atoms with van der Waals surface area (Å²) in [7, 11) is 1.65. The van der Waals surface area contributed by atoms with E-state index in [-0.39, 0.29) is 23.5 Å². The number of carbonyl (C=O) groups is 1. The Morgan fingerprint density at radius 2 is 2.19 bits per heavy atom. The number of nitrogens with one attached hydrogen (secondary N) is 1. The van der Waals surface area contributed by atoms with Crippen LogP contribution in [0.25, 0.3) is 5.69 Å². The van der Waals surface area contributed by atoms with Crippen LogP contribution in [0.3, 0.4) is 0 Å². The number of amides is 1. The van der Waals surface area contributed by atoms with Gasteiger partial charge in [-0.25, -0.2) is 9.07 Å². The largest absolute Gasteiger partial charge is 0.496 e. The molecule has 1 heterocycles. The normalized spacial score (nSPS) is 15.4. The summed E-state index contributed by atoms with van der Waals surface area (Å²) in [6.07, 6.45) is 3.22. The van der Waals surface area contributed by atoms with Crippen molar-refractivity contribution in [3.8, 4) is 11.4 Å². The minimum absolute atomic E-state index is 0.0830. The first-order valence-electron chi connectivity index (χ1n) is 8.72. The number of aromatic nitrogens is 3. The summed E-state index contributed by atoms with van der Waals surface area (Å²) in [5.74, 6) is 0.244. The molecule has 1 aliphatic carbocycles. The Morgan fingerprint density at radius 3 is 2.96 bits per heavy atom. The van der Waals surface area contributed by atoms with Crippen molar-refractivity contribution in [2.24, 2.45) is 0 Å². The SMILES string of the molecule is COc1cccc2c1CCC2NC(=O)c1cn(-c2ccc(F)cc2C)nn1. The van der Waals surface area contributed by atoms with Gasteiger partial charge in [-0.15, -0.1) is 5.10 Å². The topological polar surface area (TPSA) is 69.0 Å². The van der Waals surface area contributed by atoms with Crippen LogP contribution in [0.2, 0.25) is 0 Å². The van der Waals surface area contributed by atoms with Gasteiger partial charge < -0.3 is 10.1 Å². The molecule has 0 bridgehead atoms. The van der Waals surface area contributed by atoms with Crippen molar-refractivity contribution in [2.45, 2.75) is 25.8 Å². The van der Waals surface area contributed by atoms with E-state index in [1.165, 1.54) is 16.8 Å². The van der Waals surface area contributed by atoms with Crippen molar-refractivity contribution >= 4 is 5.91 Å². The minimum Gasteiger partial charge on any atom is -0.496 e. The molecule has 0 fully saturated rings. The van der Waals surface area contributed by atoms with Crippen LogP contribution < -0.4 is 10.1 Å². The number of carbonyl (C=O) groups excluding carboxylic acids is 1. The standard InChI is InChI=1S/C20H19FN4O2/c1-12-10-13(21)6-9-18(12)25-11-17(23-24-25)20(26)22-16-8-7-15-14(16)4-3-5-19(15)27-2/h3-6,9-11,16H,7-8H2,1-2H3,(H,22,26). The molecule has 27 heavy (non-hydrogen) atoms. The maximum atomic E-state index is 13.3. The molecule has 4 rings (SSSR count). The van der Waals surface area contributed by atoms with E-state index in [0.717, 1.165) is 29.7 Å². The summed E-state index contributed by atoms with van der Waals surface area (Å²) >= 11 is 0. The van der Waals surface area contributed by atoms with Crippen LogP contribution >= 0.6 is 0 Å². The molecule has 1 aliphatic rings. The number of rotatable bonds is 4. The molecule has 0 saturated carbocycles. The van der Waals surface area contributed by atoms with Crippen molar-refractivity contribution in [1.82, 2.24) is 20.3 Å². The molecule has 0 aliphatic heterocycles. The third kappa shape index (κ3) is 3.16. The summed E-state index contributed by atoms with van der Waals surface area (Å²) in [6, 6.07) is 10.2. The van der Waals surface area contributed by atoms with Crippen LogP contribution in [0.5, 0.6) is 5.75 Å². The van der Waals surface area contributed by atoms with E-state index in [9.17, 15) is 9.18 Å². The molecule has 1 N–H and O–H groups in total. The number of methoxy groups -OCH3 is 1. The second-order valence-electron chi connectivity index (χ2n) is 6.57. The fourth-order valence-electron chi connectivity index (χ4n) is 3.56. The zero-order valence-electron chi connectivity index (χ0n) is 15.1. The summed E-state index contributed by atoms with van der Waals surface area (Å²) in [6.45, 7) is 1.78. The van der Waals surface area contributed by atoms with Gasteiger partial charge in [0, 0.05) is 0 Å². The molecule has 1 aromatic heterocycles. The van der Waals surface area contributed by atoms with Crippen molar-refractivity contribution in [3.05, 3.63) is 70.8 Å². The molecule has 1 atom stereocenters. The van der Waals surface area contributed by atoms with Gasteiger partial charge in [-0.1, -0.05) is 17.3 Å². The van der Waals surface area contributed by atoms with Crippen molar-refractivity contribution in [2.75, 3.05) is 7.11 Å². The van der Waals surface area contributed by atoms with E-state index < -0.39 is 0 Å². The number of benzene rings is 2. The van der Waals surface area contributed by atoms with Crippen molar-refractivity contribution in [1.29, 1.82) is 0 Å². The minimum atomic E-state index is -0.315. The van der Waals surface area contributed by atoms with Crippen LogP contribution in [0, 0.1) is 12.7 Å². The lowest BCUT2D eigenvalue weighted by Crippen LogP contribution is -2.27. The first kappa shape index (κ1) is 17.2. The highest BCUT2D eigenvalue weighted by Gasteiger charge is 2.27. The molecule has 3 aromatic rings. The molecule has 6 nitrogen and oxygen atoms in total. The molecule has 7 heteroatoms. The van der Waals surface area contributed by atoms with E-state index in [2.05, 4.69) is 15.6 Å². The number of halogens is 1. The summed E-state index contributed by atoms with van der Waals surface area (Å²) in [5.41, 5.74) is 3.82.